The van der Waals surface area contributed by atoms with Crippen molar-refractivity contribution in [2.24, 2.45) is 17.8 Å². The number of nitrogens with zero attached hydrogens (tertiary/aromatic N) is 2. The monoisotopic (exact) mass is 376 g/mol. The van der Waals surface area contributed by atoms with Crippen LogP contribution in [0.15, 0.2) is 18.2 Å². The Labute approximate surface area is 159 Å². The first-order valence-electron chi connectivity index (χ1n) is 9.81. The zero-order valence-electron chi connectivity index (χ0n) is 15.5. The van der Waals surface area contributed by atoms with Crippen LogP contribution in [-0.2, 0) is 0 Å². The molecule has 0 aromatic heterocycles. The summed E-state index contributed by atoms with van der Waals surface area (Å²) in [4.78, 5) is 17.2. The normalized spacial score (nSPS) is 25.9. The second-order valence-electron chi connectivity index (χ2n) is 7.91. The Morgan fingerprint density at radius 1 is 1.04 bits per heavy atom. The molecule has 1 amide bonds. The average molecular weight is 376 g/mol. The van der Waals surface area contributed by atoms with Crippen LogP contribution in [0.5, 0.6) is 11.5 Å². The van der Waals surface area contributed by atoms with E-state index in [9.17, 15) is 15.0 Å². The number of hydrogen-bond acceptors (Lipinski definition) is 6. The number of hydrogen-bond donors (Lipinski definition) is 2. The fourth-order valence-corrected chi connectivity index (χ4v) is 4.41. The Morgan fingerprint density at radius 3 is 2.52 bits per heavy atom. The topological polar surface area (TPSA) is 82.5 Å². The van der Waals surface area contributed by atoms with Gasteiger partial charge in [0.1, 0.15) is 0 Å². The Hall–Kier alpha value is -1.83. The summed E-state index contributed by atoms with van der Waals surface area (Å²) in [7, 11) is 0. The quantitative estimate of drug-likeness (QED) is 0.791. The first kappa shape index (κ1) is 18.5. The highest BCUT2D eigenvalue weighted by Crippen LogP contribution is 2.34. The van der Waals surface area contributed by atoms with Crippen LogP contribution < -0.4 is 9.47 Å². The fourth-order valence-electron chi connectivity index (χ4n) is 4.41. The van der Waals surface area contributed by atoms with E-state index < -0.39 is 0 Å². The van der Waals surface area contributed by atoms with Gasteiger partial charge in [-0.2, -0.15) is 0 Å². The van der Waals surface area contributed by atoms with Crippen LogP contribution in [0.2, 0.25) is 0 Å². The number of benzene rings is 1. The molecule has 2 fully saturated rings. The van der Waals surface area contributed by atoms with Gasteiger partial charge in [0.25, 0.3) is 5.91 Å². The molecule has 0 radical (unpaired) electrons. The van der Waals surface area contributed by atoms with Crippen molar-refractivity contribution in [1.29, 1.82) is 0 Å². The lowest BCUT2D eigenvalue weighted by Crippen LogP contribution is -2.40. The third kappa shape index (κ3) is 3.90. The maximum absolute atomic E-state index is 12.9. The van der Waals surface area contributed by atoms with E-state index in [0.29, 0.717) is 36.1 Å². The van der Waals surface area contributed by atoms with Gasteiger partial charge in [0.15, 0.2) is 11.5 Å². The molecule has 3 aliphatic heterocycles. The molecule has 2 atom stereocenters. The van der Waals surface area contributed by atoms with Crippen LogP contribution in [0.1, 0.15) is 23.2 Å². The number of rotatable bonds is 5. The second kappa shape index (κ2) is 8.04. The minimum Gasteiger partial charge on any atom is -0.454 e. The second-order valence-corrected chi connectivity index (χ2v) is 7.91. The number of ether oxygens (including phenoxy) is 2. The van der Waals surface area contributed by atoms with Crippen molar-refractivity contribution < 1.29 is 24.5 Å². The molecule has 3 aliphatic rings. The van der Waals surface area contributed by atoms with E-state index in [1.54, 1.807) is 18.2 Å². The Bertz CT molecular complexity index is 674. The zero-order chi connectivity index (χ0) is 18.8. The Morgan fingerprint density at radius 2 is 1.78 bits per heavy atom. The molecule has 148 valence electrons. The van der Waals surface area contributed by atoms with Gasteiger partial charge in [-0.25, -0.2) is 0 Å². The molecule has 1 aromatic rings. The summed E-state index contributed by atoms with van der Waals surface area (Å²) in [6.07, 6.45) is 2.04. The minimum absolute atomic E-state index is 0.0201. The molecule has 0 aliphatic carbocycles. The number of piperidine rings is 1. The van der Waals surface area contributed by atoms with E-state index in [1.165, 1.54) is 0 Å². The highest BCUT2D eigenvalue weighted by atomic mass is 16.7. The summed E-state index contributed by atoms with van der Waals surface area (Å²) < 4.78 is 10.7. The zero-order valence-corrected chi connectivity index (χ0v) is 15.5. The van der Waals surface area contributed by atoms with E-state index in [0.717, 1.165) is 32.5 Å². The third-order valence-electron chi connectivity index (χ3n) is 6.18. The third-order valence-corrected chi connectivity index (χ3v) is 6.18. The summed E-state index contributed by atoms with van der Waals surface area (Å²) in [5.74, 6) is 2.07. The predicted molar refractivity (Wildman–Crippen MR) is 98.8 cm³/mol. The van der Waals surface area contributed by atoms with Crippen LogP contribution in [0, 0.1) is 17.8 Å². The molecule has 3 heterocycles. The summed E-state index contributed by atoms with van der Waals surface area (Å²) in [6, 6.07) is 5.29. The predicted octanol–water partition coefficient (Wildman–Crippen LogP) is 0.800. The van der Waals surface area contributed by atoms with Gasteiger partial charge < -0.3 is 29.5 Å². The van der Waals surface area contributed by atoms with Gasteiger partial charge in [0, 0.05) is 44.3 Å². The van der Waals surface area contributed by atoms with Crippen LogP contribution in [0.3, 0.4) is 0 Å². The first-order chi connectivity index (χ1) is 13.2. The van der Waals surface area contributed by atoms with E-state index in [1.807, 2.05) is 4.90 Å². The molecule has 7 heteroatoms. The van der Waals surface area contributed by atoms with Crippen molar-refractivity contribution in [3.8, 4) is 11.5 Å². The van der Waals surface area contributed by atoms with Crippen molar-refractivity contribution in [2.75, 3.05) is 52.7 Å². The molecule has 0 bridgehead atoms. The molecule has 0 spiro atoms. The van der Waals surface area contributed by atoms with Crippen molar-refractivity contribution in [2.45, 2.75) is 12.8 Å². The van der Waals surface area contributed by atoms with Crippen LogP contribution >= 0.6 is 0 Å². The van der Waals surface area contributed by atoms with Gasteiger partial charge in [0.05, 0.1) is 0 Å². The molecule has 1 aromatic carbocycles. The molecular weight excluding hydrogens is 348 g/mol. The number of aliphatic hydroxyl groups is 2. The lowest BCUT2D eigenvalue weighted by Gasteiger charge is -2.33. The van der Waals surface area contributed by atoms with Gasteiger partial charge in [-0.1, -0.05) is 0 Å². The number of carbonyl (C=O) groups excluding carboxylic acids is 1. The minimum atomic E-state index is -0.0201. The van der Waals surface area contributed by atoms with Gasteiger partial charge in [-0.05, 0) is 56.0 Å². The van der Waals surface area contributed by atoms with Gasteiger partial charge >= 0.3 is 0 Å². The van der Waals surface area contributed by atoms with Crippen molar-refractivity contribution in [3.05, 3.63) is 23.8 Å². The van der Waals surface area contributed by atoms with Crippen LogP contribution in [0.4, 0.5) is 0 Å². The maximum Gasteiger partial charge on any atom is 0.254 e. The maximum atomic E-state index is 12.9. The Kier molecular flexibility index (Phi) is 5.52. The van der Waals surface area contributed by atoms with Crippen LogP contribution in [0.25, 0.3) is 0 Å². The van der Waals surface area contributed by atoms with E-state index in [2.05, 4.69) is 4.90 Å². The molecule has 2 saturated heterocycles. The van der Waals surface area contributed by atoms with E-state index >= 15 is 0 Å². The largest absolute Gasteiger partial charge is 0.454 e. The van der Waals surface area contributed by atoms with Crippen molar-refractivity contribution in [1.82, 2.24) is 9.80 Å². The summed E-state index contributed by atoms with van der Waals surface area (Å²) in [6.45, 7) is 4.68. The number of aliphatic hydroxyl groups excluding tert-OH is 2. The molecule has 4 rings (SSSR count). The summed E-state index contributed by atoms with van der Waals surface area (Å²) >= 11 is 0. The fraction of sp³-hybridized carbons (Fsp3) is 0.650. The molecule has 27 heavy (non-hydrogen) atoms. The number of likely N-dealkylation sites (tertiary alicyclic amines) is 2. The van der Waals surface area contributed by atoms with Crippen LogP contribution in [-0.4, -0.2) is 78.7 Å². The average Bonchev–Trinajstić information content (AvgIpc) is 3.34. The molecular formula is C20H28N2O5. The number of fused-ring (bicyclic) bond motifs is 1. The summed E-state index contributed by atoms with van der Waals surface area (Å²) in [5.41, 5.74) is 0.598. The van der Waals surface area contributed by atoms with E-state index in [-0.39, 0.29) is 37.7 Å². The standard InChI is InChI=1S/C20H28N2O5/c23-11-14-3-5-21(6-4-14)8-16-9-22(10-17(16)12-24)20(25)15-1-2-18-19(7-15)27-13-26-18/h1-2,7,14,16-17,23-24H,3-6,8-13H2/t16-,17-/m1/s1. The van der Waals surface area contributed by atoms with E-state index in [4.69, 9.17) is 9.47 Å². The number of carbonyl (C=O) groups is 1. The molecule has 0 unspecified atom stereocenters. The lowest BCUT2D eigenvalue weighted by molar-refractivity contribution is 0.0775. The molecule has 0 saturated carbocycles. The SMILES string of the molecule is O=C(c1ccc2c(c1)OCO2)N1C[C@@H](CN2CCC(CO)CC2)[C@@H](CO)C1. The highest BCUT2D eigenvalue weighted by molar-refractivity contribution is 5.95. The molecule has 2 N–H and O–H groups in total. The smallest absolute Gasteiger partial charge is 0.254 e. The molecule has 7 nitrogen and oxygen atoms in total. The highest BCUT2D eigenvalue weighted by Gasteiger charge is 2.36. The van der Waals surface area contributed by atoms with Crippen molar-refractivity contribution >= 4 is 5.91 Å². The summed E-state index contributed by atoms with van der Waals surface area (Å²) in [5, 5.41) is 19.1. The number of amides is 1. The van der Waals surface area contributed by atoms with Gasteiger partial charge in [-0.3, -0.25) is 4.79 Å². The lowest BCUT2D eigenvalue weighted by atomic mass is 9.93. The Balaban J connectivity index is 1.38. The first-order valence-corrected chi connectivity index (χ1v) is 9.81. The van der Waals surface area contributed by atoms with Gasteiger partial charge in [0.2, 0.25) is 6.79 Å². The van der Waals surface area contributed by atoms with Gasteiger partial charge in [-0.15, -0.1) is 0 Å². The van der Waals surface area contributed by atoms with Crippen molar-refractivity contribution in [3.63, 3.8) is 0 Å².